The SMILES string of the molecule is CCCN1C(=O)C(=O)/C(=C(\O)c2ccc(OC)c(C(C)C)c2)C1c1ccc(O)c([N+](=O)[O-])c1. The maximum atomic E-state index is 13.0. The fourth-order valence-corrected chi connectivity index (χ4v) is 4.04. The Kier molecular flexibility index (Phi) is 6.71. The van der Waals surface area contributed by atoms with Crippen LogP contribution in [0, 0.1) is 10.1 Å². The standard InChI is InChI=1S/C24H26N2O7/c1-5-10-25-21(14-6-8-18(27)17(12-14)26(31)32)20(23(29)24(25)30)22(28)15-7-9-19(33-4)16(11-15)13(2)3/h6-9,11-13,21,27-28H,5,10H2,1-4H3/b22-20-. The van der Waals surface area contributed by atoms with Crippen molar-refractivity contribution in [3.63, 3.8) is 0 Å². The highest BCUT2D eigenvalue weighted by Crippen LogP contribution is 2.42. The number of hydrogen-bond donors (Lipinski definition) is 2. The van der Waals surface area contributed by atoms with Crippen molar-refractivity contribution >= 4 is 23.1 Å². The lowest BCUT2D eigenvalue weighted by atomic mass is 9.93. The molecule has 0 radical (unpaired) electrons. The Labute approximate surface area is 191 Å². The highest BCUT2D eigenvalue weighted by molar-refractivity contribution is 6.46. The van der Waals surface area contributed by atoms with Gasteiger partial charge in [0.25, 0.3) is 11.7 Å². The number of nitro groups is 1. The van der Waals surface area contributed by atoms with Crippen LogP contribution in [-0.4, -0.2) is 45.4 Å². The Bertz CT molecular complexity index is 1150. The van der Waals surface area contributed by atoms with Crippen molar-refractivity contribution in [1.29, 1.82) is 0 Å². The summed E-state index contributed by atoms with van der Waals surface area (Å²) in [6.45, 7) is 5.95. The van der Waals surface area contributed by atoms with Gasteiger partial charge < -0.3 is 19.8 Å². The molecular formula is C24H26N2O7. The van der Waals surface area contributed by atoms with Gasteiger partial charge in [-0.1, -0.05) is 26.8 Å². The number of phenolic OH excluding ortho intramolecular Hbond substituents is 1. The van der Waals surface area contributed by atoms with E-state index >= 15 is 0 Å². The van der Waals surface area contributed by atoms with Crippen LogP contribution in [0.5, 0.6) is 11.5 Å². The second-order valence-electron chi connectivity index (χ2n) is 8.11. The van der Waals surface area contributed by atoms with E-state index in [4.69, 9.17) is 4.74 Å². The molecule has 9 heteroatoms. The molecule has 1 heterocycles. The lowest BCUT2D eigenvalue weighted by Crippen LogP contribution is -2.30. The van der Waals surface area contributed by atoms with E-state index in [1.165, 1.54) is 18.1 Å². The van der Waals surface area contributed by atoms with Gasteiger partial charge in [-0.25, -0.2) is 0 Å². The van der Waals surface area contributed by atoms with Crippen LogP contribution in [0.1, 0.15) is 55.8 Å². The maximum Gasteiger partial charge on any atom is 0.311 e. The normalized spacial score (nSPS) is 17.6. The van der Waals surface area contributed by atoms with Crippen LogP contribution in [0.3, 0.4) is 0 Å². The summed E-state index contributed by atoms with van der Waals surface area (Å²) >= 11 is 0. The molecule has 9 nitrogen and oxygen atoms in total. The van der Waals surface area contributed by atoms with E-state index in [2.05, 4.69) is 0 Å². The van der Waals surface area contributed by atoms with Gasteiger partial charge in [-0.2, -0.15) is 0 Å². The second kappa shape index (κ2) is 9.32. The van der Waals surface area contributed by atoms with Crippen LogP contribution >= 0.6 is 0 Å². The molecule has 2 aromatic rings. The zero-order valence-corrected chi connectivity index (χ0v) is 18.9. The van der Waals surface area contributed by atoms with Crippen molar-refractivity contribution in [3.8, 4) is 11.5 Å². The van der Waals surface area contributed by atoms with Crippen LogP contribution in [0.25, 0.3) is 5.76 Å². The highest BCUT2D eigenvalue weighted by Gasteiger charge is 2.46. The Morgan fingerprint density at radius 3 is 2.48 bits per heavy atom. The number of nitrogens with zero attached hydrogens (tertiary/aromatic N) is 2. The third-order valence-electron chi connectivity index (χ3n) is 5.64. The van der Waals surface area contributed by atoms with Gasteiger partial charge >= 0.3 is 5.69 Å². The number of rotatable bonds is 7. The molecule has 2 N–H and O–H groups in total. The number of benzene rings is 2. The highest BCUT2D eigenvalue weighted by atomic mass is 16.6. The van der Waals surface area contributed by atoms with E-state index in [9.17, 15) is 29.9 Å². The van der Waals surface area contributed by atoms with E-state index in [0.29, 0.717) is 17.7 Å². The number of carbonyl (C=O) groups is 2. The van der Waals surface area contributed by atoms with Gasteiger partial charge in [0.2, 0.25) is 0 Å². The van der Waals surface area contributed by atoms with Crippen molar-refractivity contribution in [2.24, 2.45) is 0 Å². The maximum absolute atomic E-state index is 13.0. The summed E-state index contributed by atoms with van der Waals surface area (Å²) in [7, 11) is 1.54. The molecule has 0 spiro atoms. The number of likely N-dealkylation sites (tertiary alicyclic amines) is 1. The molecule has 174 valence electrons. The monoisotopic (exact) mass is 454 g/mol. The molecule has 1 amide bonds. The second-order valence-corrected chi connectivity index (χ2v) is 8.11. The number of Topliss-reactive ketones (excluding diaryl/α,β-unsaturated/α-hetero) is 1. The molecule has 2 aromatic carbocycles. The number of aliphatic hydroxyl groups is 1. The van der Waals surface area contributed by atoms with Gasteiger partial charge in [0.15, 0.2) is 5.75 Å². The molecule has 1 fully saturated rings. The average Bonchev–Trinajstić information content (AvgIpc) is 3.03. The third-order valence-corrected chi connectivity index (χ3v) is 5.64. The van der Waals surface area contributed by atoms with Gasteiger partial charge in [-0.05, 0) is 47.7 Å². The van der Waals surface area contributed by atoms with Gasteiger partial charge in [0.1, 0.15) is 11.5 Å². The first-order valence-electron chi connectivity index (χ1n) is 10.6. The zero-order valence-electron chi connectivity index (χ0n) is 18.9. The van der Waals surface area contributed by atoms with E-state index in [1.54, 1.807) is 18.2 Å². The van der Waals surface area contributed by atoms with E-state index in [0.717, 1.165) is 17.7 Å². The first-order chi connectivity index (χ1) is 15.6. The summed E-state index contributed by atoms with van der Waals surface area (Å²) in [6, 6.07) is 7.59. The van der Waals surface area contributed by atoms with Gasteiger partial charge in [0, 0.05) is 18.2 Å². The van der Waals surface area contributed by atoms with Crippen molar-refractivity contribution < 1.29 is 29.5 Å². The first-order valence-corrected chi connectivity index (χ1v) is 10.6. The predicted octanol–water partition coefficient (Wildman–Crippen LogP) is 4.26. The van der Waals surface area contributed by atoms with Crippen LogP contribution in [0.4, 0.5) is 5.69 Å². The number of amides is 1. The molecule has 1 atom stereocenters. The van der Waals surface area contributed by atoms with Gasteiger partial charge in [-0.15, -0.1) is 0 Å². The Balaban J connectivity index is 2.25. The summed E-state index contributed by atoms with van der Waals surface area (Å²) in [4.78, 5) is 37.7. The smallest absolute Gasteiger partial charge is 0.311 e. The van der Waals surface area contributed by atoms with Crippen LogP contribution in [0.15, 0.2) is 42.0 Å². The van der Waals surface area contributed by atoms with Crippen LogP contribution in [0.2, 0.25) is 0 Å². The van der Waals surface area contributed by atoms with E-state index in [1.807, 2.05) is 20.8 Å². The fraction of sp³-hybridized carbons (Fsp3) is 0.333. The number of aliphatic hydroxyl groups excluding tert-OH is 1. The molecule has 33 heavy (non-hydrogen) atoms. The van der Waals surface area contributed by atoms with Crippen molar-refractivity contribution in [2.45, 2.75) is 39.2 Å². The van der Waals surface area contributed by atoms with Crippen molar-refractivity contribution in [1.82, 2.24) is 4.90 Å². The zero-order chi connectivity index (χ0) is 24.4. The van der Waals surface area contributed by atoms with Crippen molar-refractivity contribution in [3.05, 3.63) is 68.8 Å². The van der Waals surface area contributed by atoms with E-state index < -0.39 is 34.1 Å². The quantitative estimate of drug-likeness (QED) is 0.210. The third kappa shape index (κ3) is 4.26. The van der Waals surface area contributed by atoms with Gasteiger partial charge in [-0.3, -0.25) is 19.7 Å². The van der Waals surface area contributed by atoms with Crippen LogP contribution in [-0.2, 0) is 9.59 Å². The average molecular weight is 454 g/mol. The number of nitro benzene ring substituents is 1. The van der Waals surface area contributed by atoms with E-state index in [-0.39, 0.29) is 29.4 Å². The molecule has 1 unspecified atom stereocenters. The molecule has 1 aliphatic rings. The summed E-state index contributed by atoms with van der Waals surface area (Å²) < 4.78 is 5.38. The van der Waals surface area contributed by atoms with Gasteiger partial charge in [0.05, 0.1) is 23.6 Å². The largest absolute Gasteiger partial charge is 0.507 e. The molecule has 1 aliphatic heterocycles. The number of methoxy groups -OCH3 is 1. The molecular weight excluding hydrogens is 428 g/mol. The lowest BCUT2D eigenvalue weighted by Gasteiger charge is -2.25. The summed E-state index contributed by atoms with van der Waals surface area (Å²) in [5.74, 6) is -1.89. The topological polar surface area (TPSA) is 130 Å². The lowest BCUT2D eigenvalue weighted by molar-refractivity contribution is -0.385. The minimum Gasteiger partial charge on any atom is -0.507 e. The number of phenols is 1. The summed E-state index contributed by atoms with van der Waals surface area (Å²) in [5.41, 5.74) is 0.661. The Morgan fingerprint density at radius 2 is 1.91 bits per heavy atom. The van der Waals surface area contributed by atoms with Crippen molar-refractivity contribution in [2.75, 3.05) is 13.7 Å². The molecule has 3 rings (SSSR count). The molecule has 0 aliphatic carbocycles. The molecule has 0 aromatic heterocycles. The first kappa shape index (κ1) is 23.8. The minimum absolute atomic E-state index is 0.0609. The number of ketones is 1. The summed E-state index contributed by atoms with van der Waals surface area (Å²) in [6.07, 6.45) is 0.532. The molecule has 0 saturated carbocycles. The number of ether oxygens (including phenoxy) is 1. The Morgan fingerprint density at radius 1 is 1.21 bits per heavy atom. The molecule has 1 saturated heterocycles. The Hall–Kier alpha value is -3.88. The van der Waals surface area contributed by atoms with Crippen LogP contribution < -0.4 is 4.74 Å². The minimum atomic E-state index is -1.03. The predicted molar refractivity (Wildman–Crippen MR) is 121 cm³/mol. The number of carbonyl (C=O) groups excluding carboxylic acids is 2. The fourth-order valence-electron chi connectivity index (χ4n) is 4.04. The molecule has 0 bridgehead atoms. The number of aromatic hydroxyl groups is 1. The summed E-state index contributed by atoms with van der Waals surface area (Å²) in [5, 5.41) is 32.4. The number of hydrogen-bond acceptors (Lipinski definition) is 7.